The second-order valence-corrected chi connectivity index (χ2v) is 12.4. The number of piperidine rings is 2. The topological polar surface area (TPSA) is 125 Å². The van der Waals surface area contributed by atoms with Gasteiger partial charge in [-0.05, 0) is 68.1 Å². The Kier molecular flexibility index (Phi) is 6.13. The van der Waals surface area contributed by atoms with Crippen LogP contribution in [0.4, 0.5) is 0 Å². The largest absolute Gasteiger partial charge is 0.341 e. The number of nitrogens with zero attached hydrogens (tertiary/aromatic N) is 4. The van der Waals surface area contributed by atoms with E-state index in [0.29, 0.717) is 19.5 Å². The van der Waals surface area contributed by atoms with Gasteiger partial charge in [-0.15, -0.1) is 0 Å². The average Bonchev–Trinajstić information content (AvgIpc) is 3.47. The number of nitrogens with one attached hydrogen (secondary N) is 1. The Morgan fingerprint density at radius 3 is 2.54 bits per heavy atom. The minimum atomic E-state index is -3.72. The summed E-state index contributed by atoms with van der Waals surface area (Å²) < 4.78 is 28.7. The Bertz CT molecular complexity index is 1250. The summed E-state index contributed by atoms with van der Waals surface area (Å²) in [5.41, 5.74) is 4.67. The summed E-state index contributed by atoms with van der Waals surface area (Å²) in [7, 11) is -3.72. The predicted molar refractivity (Wildman–Crippen MR) is 129 cm³/mol. The number of carbonyl (C=O) groups is 2. The molecular formula is C24H33N5O5S. The Morgan fingerprint density at radius 2 is 1.94 bits per heavy atom. The number of amides is 2. The van der Waals surface area contributed by atoms with Crippen LogP contribution >= 0.6 is 0 Å². The Hall–Kier alpha value is -2.50. The number of aromatic nitrogens is 2. The van der Waals surface area contributed by atoms with Gasteiger partial charge in [0.05, 0.1) is 29.5 Å². The number of likely N-dealkylation sites (tertiary alicyclic amines) is 1. The molecule has 2 saturated heterocycles. The number of hydrogen-bond acceptors (Lipinski definition) is 6. The third-order valence-electron chi connectivity index (χ3n) is 8.18. The molecule has 2 N–H and O–H groups in total. The molecule has 2 atom stereocenters. The van der Waals surface area contributed by atoms with Crippen molar-refractivity contribution in [3.8, 4) is 0 Å². The molecule has 3 heterocycles. The molecule has 35 heavy (non-hydrogen) atoms. The van der Waals surface area contributed by atoms with Gasteiger partial charge in [0.1, 0.15) is 6.04 Å². The van der Waals surface area contributed by atoms with Crippen molar-refractivity contribution in [1.29, 1.82) is 0 Å². The zero-order valence-corrected chi connectivity index (χ0v) is 21.0. The fourth-order valence-corrected chi connectivity index (χ4v) is 7.11. The molecule has 3 aliphatic rings. The van der Waals surface area contributed by atoms with E-state index in [1.54, 1.807) is 10.4 Å². The van der Waals surface area contributed by atoms with Gasteiger partial charge in [-0.1, -0.05) is 6.07 Å². The summed E-state index contributed by atoms with van der Waals surface area (Å²) in [5, 5.41) is 9.34. The van der Waals surface area contributed by atoms with E-state index in [4.69, 9.17) is 0 Å². The highest BCUT2D eigenvalue weighted by Crippen LogP contribution is 2.55. The normalized spacial score (nSPS) is 25.2. The van der Waals surface area contributed by atoms with Crippen LogP contribution in [0.15, 0.2) is 24.5 Å². The highest BCUT2D eigenvalue weighted by molar-refractivity contribution is 7.88. The van der Waals surface area contributed by atoms with Gasteiger partial charge in [0.2, 0.25) is 21.8 Å². The third-order valence-corrected chi connectivity index (χ3v) is 9.39. The van der Waals surface area contributed by atoms with E-state index in [0.717, 1.165) is 49.5 Å². The Labute approximate surface area is 205 Å². The van der Waals surface area contributed by atoms with Crippen molar-refractivity contribution >= 4 is 32.9 Å². The molecule has 0 radical (unpaired) electrons. The fourth-order valence-electron chi connectivity index (χ4n) is 5.95. The van der Waals surface area contributed by atoms with Crippen molar-refractivity contribution in [2.45, 2.75) is 57.5 Å². The van der Waals surface area contributed by atoms with Crippen LogP contribution in [0.1, 0.15) is 50.5 Å². The van der Waals surface area contributed by atoms with Crippen molar-refractivity contribution in [3.63, 3.8) is 0 Å². The van der Waals surface area contributed by atoms with E-state index in [1.807, 2.05) is 12.4 Å². The lowest BCUT2D eigenvalue weighted by Gasteiger charge is -2.44. The number of imidazole rings is 1. The monoisotopic (exact) mass is 503 g/mol. The average molecular weight is 504 g/mol. The van der Waals surface area contributed by atoms with Gasteiger partial charge in [-0.3, -0.25) is 14.8 Å². The number of hydrogen-bond donors (Lipinski definition) is 2. The number of hydroxylamine groups is 1. The molecule has 0 bridgehead atoms. The molecule has 1 aromatic heterocycles. The van der Waals surface area contributed by atoms with Crippen molar-refractivity contribution in [3.05, 3.63) is 30.1 Å². The zero-order valence-electron chi connectivity index (χ0n) is 20.2. The van der Waals surface area contributed by atoms with Gasteiger partial charge < -0.3 is 9.47 Å². The lowest BCUT2D eigenvalue weighted by molar-refractivity contribution is -0.148. The van der Waals surface area contributed by atoms with Gasteiger partial charge in [0, 0.05) is 26.2 Å². The minimum Gasteiger partial charge on any atom is -0.341 e. The van der Waals surface area contributed by atoms with E-state index in [2.05, 4.69) is 28.6 Å². The molecule has 2 unspecified atom stereocenters. The molecule has 2 amide bonds. The molecule has 1 aromatic carbocycles. The standard InChI is InChI=1S/C24H33N5O5S/c1-3-27-15-25-19-5-4-17(12-20(19)27)16-6-10-28(11-7-16)23(31)21-18(22(30)26-32)13-24(8-9-24)14-29(21)35(2,33)34/h4-5,12,15-16,18,21,32H,3,6-11,13-14H2,1-2H3,(H,26,30). The smallest absolute Gasteiger partial charge is 0.248 e. The molecular weight excluding hydrogens is 470 g/mol. The summed E-state index contributed by atoms with van der Waals surface area (Å²) >= 11 is 0. The molecule has 10 nitrogen and oxygen atoms in total. The van der Waals surface area contributed by atoms with Crippen LogP contribution in [0.25, 0.3) is 11.0 Å². The third kappa shape index (κ3) is 4.45. The first-order chi connectivity index (χ1) is 16.7. The zero-order chi connectivity index (χ0) is 25.0. The maximum absolute atomic E-state index is 13.7. The van der Waals surface area contributed by atoms with Crippen molar-refractivity contribution < 1.29 is 23.2 Å². The van der Waals surface area contributed by atoms with Gasteiger partial charge in [-0.25, -0.2) is 18.9 Å². The number of carbonyl (C=O) groups excluding carboxylic acids is 2. The van der Waals surface area contributed by atoms with Crippen LogP contribution in [0, 0.1) is 11.3 Å². The van der Waals surface area contributed by atoms with Gasteiger partial charge in [0.25, 0.3) is 0 Å². The second kappa shape index (κ2) is 8.86. The molecule has 1 aliphatic carbocycles. The lowest BCUT2D eigenvalue weighted by Crippen LogP contribution is -2.62. The maximum Gasteiger partial charge on any atom is 0.248 e. The summed E-state index contributed by atoms with van der Waals surface area (Å²) in [6, 6.07) is 5.18. The van der Waals surface area contributed by atoms with Crippen molar-refractivity contribution in [2.75, 3.05) is 25.9 Å². The van der Waals surface area contributed by atoms with Gasteiger partial charge in [-0.2, -0.15) is 4.31 Å². The van der Waals surface area contributed by atoms with Crippen LogP contribution in [0.3, 0.4) is 0 Å². The molecule has 2 aliphatic heterocycles. The molecule has 1 saturated carbocycles. The molecule has 190 valence electrons. The van der Waals surface area contributed by atoms with Gasteiger partial charge >= 0.3 is 0 Å². The van der Waals surface area contributed by atoms with Crippen molar-refractivity contribution in [1.82, 2.24) is 24.2 Å². The summed E-state index contributed by atoms with van der Waals surface area (Å²) in [6.45, 7) is 4.15. The highest BCUT2D eigenvalue weighted by Gasteiger charge is 2.58. The number of rotatable bonds is 5. The van der Waals surface area contributed by atoms with Crippen LogP contribution in [0.2, 0.25) is 0 Å². The van der Waals surface area contributed by atoms with E-state index >= 15 is 0 Å². The first kappa shape index (κ1) is 24.2. The van der Waals surface area contributed by atoms with E-state index in [-0.39, 0.29) is 23.8 Å². The molecule has 1 spiro atoms. The molecule has 11 heteroatoms. The first-order valence-electron chi connectivity index (χ1n) is 12.3. The minimum absolute atomic E-state index is 0.249. The SMILES string of the molecule is CCn1cnc2ccc(C3CCN(C(=O)C4C(C(=O)NO)CC5(CC5)CN4S(C)(=O)=O)CC3)cc21. The van der Waals surface area contributed by atoms with Crippen LogP contribution < -0.4 is 5.48 Å². The number of benzene rings is 1. The van der Waals surface area contributed by atoms with Crippen LogP contribution in [-0.4, -0.2) is 76.1 Å². The number of sulfonamides is 1. The second-order valence-electron chi connectivity index (χ2n) is 10.4. The van der Waals surface area contributed by atoms with Crippen LogP contribution in [-0.2, 0) is 26.2 Å². The lowest BCUT2D eigenvalue weighted by atomic mass is 9.80. The van der Waals surface area contributed by atoms with Crippen LogP contribution in [0.5, 0.6) is 0 Å². The van der Waals surface area contributed by atoms with Gasteiger partial charge in [0.15, 0.2) is 0 Å². The Morgan fingerprint density at radius 1 is 1.23 bits per heavy atom. The molecule has 5 rings (SSSR count). The predicted octanol–water partition coefficient (Wildman–Crippen LogP) is 1.70. The Balaban J connectivity index is 1.34. The van der Waals surface area contributed by atoms with E-state index in [1.165, 1.54) is 9.87 Å². The van der Waals surface area contributed by atoms with E-state index < -0.39 is 27.9 Å². The number of fused-ring (bicyclic) bond motifs is 1. The summed E-state index contributed by atoms with van der Waals surface area (Å²) in [4.78, 5) is 32.4. The highest BCUT2D eigenvalue weighted by atomic mass is 32.2. The van der Waals surface area contributed by atoms with E-state index in [9.17, 15) is 23.2 Å². The summed E-state index contributed by atoms with van der Waals surface area (Å²) in [5.74, 6) is -1.67. The quantitative estimate of drug-likeness (QED) is 0.473. The number of aryl methyl sites for hydroxylation is 1. The first-order valence-corrected chi connectivity index (χ1v) is 14.1. The maximum atomic E-state index is 13.7. The fraction of sp³-hybridized carbons (Fsp3) is 0.625. The summed E-state index contributed by atoms with van der Waals surface area (Å²) in [6.07, 6.45) is 6.49. The molecule has 2 aromatic rings. The van der Waals surface area contributed by atoms with Crippen molar-refractivity contribution in [2.24, 2.45) is 11.3 Å². The molecule has 3 fully saturated rings.